The van der Waals surface area contributed by atoms with Crippen LogP contribution in [0.1, 0.15) is 6.92 Å². The number of rotatable bonds is 5. The Labute approximate surface area is 231 Å². The second-order valence-electron chi connectivity index (χ2n) is 10.4. The second kappa shape index (κ2) is 9.88. The summed E-state index contributed by atoms with van der Waals surface area (Å²) in [5.41, 5.74) is 1.47. The van der Waals surface area contributed by atoms with Crippen LogP contribution in [0, 0.1) is 11.8 Å². The molecule has 202 valence electrons. The Balaban J connectivity index is 1.44. The second-order valence-corrected chi connectivity index (χ2v) is 11.9. The standard InChI is InChI=1S/C30H31N3O5S/c1-19(18-34)33-26-29(37)32(21-11-13-22(38-2)14-12-21)17-7-15-30(26)25(28(33)36)24-23(39-30)10-6-16-31(27(24)35)20-8-4-3-5-9-20/h3-15,19,23-26,34H,16-18H2,1-2H3/t19-,23+,24-,25+,26?,30+/m1/s1. The van der Waals surface area contributed by atoms with Crippen LogP contribution >= 0.6 is 11.8 Å². The Bertz CT molecular complexity index is 1350. The molecule has 9 heteroatoms. The molecule has 2 aromatic rings. The SMILES string of the molecule is COc1ccc(N2CC=C[C@]34S[C@H]5C=CCN(c6ccccc6)C(=O)[C@H]5[C@H]3C(=O)N([C@H](C)CO)C4C2=O)cc1. The molecule has 0 aromatic heterocycles. The van der Waals surface area contributed by atoms with Gasteiger partial charge in [-0.3, -0.25) is 14.4 Å². The Kier molecular flexibility index (Phi) is 6.51. The maximum Gasteiger partial charge on any atom is 0.251 e. The quantitative estimate of drug-likeness (QED) is 0.582. The number of amides is 3. The topological polar surface area (TPSA) is 90.4 Å². The molecule has 0 bridgehead atoms. The van der Waals surface area contributed by atoms with E-state index < -0.39 is 28.7 Å². The largest absolute Gasteiger partial charge is 0.497 e. The highest BCUT2D eigenvalue weighted by Gasteiger charge is 2.71. The van der Waals surface area contributed by atoms with E-state index in [2.05, 4.69) is 0 Å². The highest BCUT2D eigenvalue weighted by molar-refractivity contribution is 8.02. The summed E-state index contributed by atoms with van der Waals surface area (Å²) in [5, 5.41) is 9.89. The molecule has 1 N–H and O–H groups in total. The van der Waals surface area contributed by atoms with Gasteiger partial charge in [-0.15, -0.1) is 11.8 Å². The first-order valence-electron chi connectivity index (χ1n) is 13.2. The lowest BCUT2D eigenvalue weighted by Crippen LogP contribution is -2.56. The first-order chi connectivity index (χ1) is 18.9. The van der Waals surface area contributed by atoms with E-state index in [0.29, 0.717) is 24.5 Å². The summed E-state index contributed by atoms with van der Waals surface area (Å²) in [6.07, 6.45) is 7.94. The lowest BCUT2D eigenvalue weighted by Gasteiger charge is -2.37. The Morgan fingerprint density at radius 3 is 2.31 bits per heavy atom. The molecular weight excluding hydrogens is 514 g/mol. The van der Waals surface area contributed by atoms with E-state index in [-0.39, 0.29) is 29.6 Å². The third-order valence-electron chi connectivity index (χ3n) is 8.29. The number of carbonyl (C=O) groups excluding carboxylic acids is 3. The fourth-order valence-corrected chi connectivity index (χ4v) is 8.47. The van der Waals surface area contributed by atoms with Crippen LogP contribution in [-0.4, -0.2) is 76.6 Å². The zero-order valence-electron chi connectivity index (χ0n) is 21.8. The zero-order valence-corrected chi connectivity index (χ0v) is 22.7. The third kappa shape index (κ3) is 3.90. The Hall–Kier alpha value is -3.56. The normalized spacial score (nSPS) is 30.5. The van der Waals surface area contributed by atoms with E-state index in [1.165, 1.54) is 16.7 Å². The lowest BCUT2D eigenvalue weighted by atomic mass is 9.78. The van der Waals surface area contributed by atoms with Crippen molar-refractivity contribution in [1.82, 2.24) is 4.90 Å². The first kappa shape index (κ1) is 25.7. The van der Waals surface area contributed by atoms with E-state index in [9.17, 15) is 19.5 Å². The van der Waals surface area contributed by atoms with Gasteiger partial charge in [-0.2, -0.15) is 0 Å². The maximum absolute atomic E-state index is 14.4. The summed E-state index contributed by atoms with van der Waals surface area (Å²) in [6, 6.07) is 15.3. The van der Waals surface area contributed by atoms with Gasteiger partial charge in [0, 0.05) is 29.7 Å². The van der Waals surface area contributed by atoms with E-state index in [1.807, 2.05) is 66.8 Å². The summed E-state index contributed by atoms with van der Waals surface area (Å²) in [7, 11) is 1.59. The van der Waals surface area contributed by atoms with Crippen molar-refractivity contribution in [3.8, 4) is 5.75 Å². The number of ether oxygens (including phenoxy) is 1. The molecule has 6 rings (SSSR count). The first-order valence-corrected chi connectivity index (χ1v) is 14.1. The number of benzene rings is 2. The van der Waals surface area contributed by atoms with Gasteiger partial charge in [0.2, 0.25) is 11.8 Å². The molecule has 4 aliphatic heterocycles. The van der Waals surface area contributed by atoms with Crippen molar-refractivity contribution in [2.24, 2.45) is 11.8 Å². The molecule has 1 spiro atoms. The average Bonchev–Trinajstić information content (AvgIpc) is 3.29. The predicted molar refractivity (Wildman–Crippen MR) is 151 cm³/mol. The van der Waals surface area contributed by atoms with Gasteiger partial charge < -0.3 is 24.5 Å². The molecule has 0 radical (unpaired) electrons. The predicted octanol–water partition coefficient (Wildman–Crippen LogP) is 2.88. The molecule has 4 aliphatic rings. The number of anilines is 2. The van der Waals surface area contributed by atoms with Gasteiger partial charge in [-0.05, 0) is 43.3 Å². The number of aliphatic hydroxyl groups excluding tert-OH is 1. The highest BCUT2D eigenvalue weighted by Crippen LogP contribution is 2.61. The number of thioether (sulfide) groups is 1. The number of aliphatic hydroxyl groups is 1. The molecule has 3 amide bonds. The van der Waals surface area contributed by atoms with Gasteiger partial charge in [-0.1, -0.05) is 42.5 Å². The van der Waals surface area contributed by atoms with Gasteiger partial charge in [0.1, 0.15) is 11.8 Å². The summed E-state index contributed by atoms with van der Waals surface area (Å²) >= 11 is 1.53. The van der Waals surface area contributed by atoms with Crippen molar-refractivity contribution in [2.45, 2.75) is 29.0 Å². The molecular formula is C30H31N3O5S. The Morgan fingerprint density at radius 2 is 1.62 bits per heavy atom. The van der Waals surface area contributed by atoms with Crippen molar-refractivity contribution in [1.29, 1.82) is 0 Å². The van der Waals surface area contributed by atoms with Crippen LogP contribution in [0.3, 0.4) is 0 Å². The minimum absolute atomic E-state index is 0.117. The molecule has 2 saturated heterocycles. The summed E-state index contributed by atoms with van der Waals surface area (Å²) in [4.78, 5) is 47.8. The number of carbonyl (C=O) groups is 3. The van der Waals surface area contributed by atoms with E-state index >= 15 is 0 Å². The van der Waals surface area contributed by atoms with Crippen LogP contribution in [-0.2, 0) is 14.4 Å². The number of hydrogen-bond acceptors (Lipinski definition) is 6. The number of likely N-dealkylation sites (tertiary alicyclic amines) is 1. The molecule has 0 saturated carbocycles. The fraction of sp³-hybridized carbons (Fsp3) is 0.367. The minimum atomic E-state index is -0.937. The van der Waals surface area contributed by atoms with Gasteiger partial charge in [0.15, 0.2) is 0 Å². The minimum Gasteiger partial charge on any atom is -0.497 e. The summed E-state index contributed by atoms with van der Waals surface area (Å²) in [6.45, 7) is 2.22. The third-order valence-corrected chi connectivity index (χ3v) is 10.0. The highest BCUT2D eigenvalue weighted by atomic mass is 32.2. The zero-order chi connectivity index (χ0) is 27.3. The smallest absolute Gasteiger partial charge is 0.251 e. The molecule has 2 aromatic carbocycles. The van der Waals surface area contributed by atoms with Crippen LogP contribution in [0.15, 0.2) is 78.9 Å². The van der Waals surface area contributed by atoms with Gasteiger partial charge in [-0.25, -0.2) is 0 Å². The molecule has 6 atom stereocenters. The average molecular weight is 546 g/mol. The molecule has 39 heavy (non-hydrogen) atoms. The van der Waals surface area contributed by atoms with Crippen molar-refractivity contribution >= 4 is 40.9 Å². The number of para-hydroxylation sites is 1. The van der Waals surface area contributed by atoms with E-state index in [0.717, 1.165) is 5.69 Å². The van der Waals surface area contributed by atoms with Crippen LogP contribution in [0.5, 0.6) is 5.75 Å². The van der Waals surface area contributed by atoms with E-state index in [4.69, 9.17) is 4.74 Å². The number of methoxy groups -OCH3 is 1. The molecule has 8 nitrogen and oxygen atoms in total. The van der Waals surface area contributed by atoms with Crippen molar-refractivity contribution < 1.29 is 24.2 Å². The number of fused-ring (bicyclic) bond motifs is 2. The van der Waals surface area contributed by atoms with Gasteiger partial charge >= 0.3 is 0 Å². The summed E-state index contributed by atoms with van der Waals surface area (Å²) < 4.78 is 4.34. The van der Waals surface area contributed by atoms with Crippen LogP contribution < -0.4 is 14.5 Å². The monoisotopic (exact) mass is 545 g/mol. The van der Waals surface area contributed by atoms with Crippen LogP contribution in [0.4, 0.5) is 11.4 Å². The Morgan fingerprint density at radius 1 is 0.949 bits per heavy atom. The van der Waals surface area contributed by atoms with Crippen molar-refractivity contribution in [3.05, 3.63) is 78.9 Å². The molecule has 1 unspecified atom stereocenters. The molecule has 4 heterocycles. The molecule has 0 aliphatic carbocycles. The molecule has 2 fully saturated rings. The maximum atomic E-state index is 14.4. The van der Waals surface area contributed by atoms with Crippen LogP contribution in [0.2, 0.25) is 0 Å². The number of nitrogens with zero attached hydrogens (tertiary/aromatic N) is 3. The van der Waals surface area contributed by atoms with Gasteiger partial charge in [0.25, 0.3) is 5.91 Å². The van der Waals surface area contributed by atoms with Crippen molar-refractivity contribution in [3.63, 3.8) is 0 Å². The van der Waals surface area contributed by atoms with Crippen molar-refractivity contribution in [2.75, 3.05) is 36.6 Å². The summed E-state index contributed by atoms with van der Waals surface area (Å²) in [5.74, 6) is -1.28. The number of hydrogen-bond donors (Lipinski definition) is 1. The lowest BCUT2D eigenvalue weighted by molar-refractivity contribution is -0.141. The van der Waals surface area contributed by atoms with Gasteiger partial charge in [0.05, 0.1) is 36.3 Å². The fourth-order valence-electron chi connectivity index (χ4n) is 6.47. The van der Waals surface area contributed by atoms with Crippen LogP contribution in [0.25, 0.3) is 0 Å². The van der Waals surface area contributed by atoms with E-state index in [1.54, 1.807) is 36.0 Å².